The molecule has 1 atom stereocenters. The van der Waals surface area contributed by atoms with E-state index in [-0.39, 0.29) is 18.0 Å². The van der Waals surface area contributed by atoms with Crippen LogP contribution in [0.3, 0.4) is 0 Å². The maximum absolute atomic E-state index is 13.0. The van der Waals surface area contributed by atoms with Gasteiger partial charge >= 0.3 is 6.03 Å². The number of urea groups is 1. The Morgan fingerprint density at radius 1 is 1.15 bits per heavy atom. The number of nitrogens with one attached hydrogen (secondary N) is 1. The first-order valence-corrected chi connectivity index (χ1v) is 9.60. The molecule has 0 aromatic heterocycles. The number of likely N-dealkylation sites (N-methyl/N-ethyl adjacent to an activating group) is 1. The second-order valence-electron chi connectivity index (χ2n) is 7.56. The van der Waals surface area contributed by atoms with Crippen molar-refractivity contribution in [2.75, 3.05) is 20.1 Å². The van der Waals surface area contributed by atoms with Crippen molar-refractivity contribution in [1.29, 1.82) is 0 Å². The van der Waals surface area contributed by atoms with Crippen molar-refractivity contribution in [3.05, 3.63) is 46.7 Å². The van der Waals surface area contributed by atoms with Gasteiger partial charge in [-0.2, -0.15) is 0 Å². The summed E-state index contributed by atoms with van der Waals surface area (Å²) in [7, 11) is 1.74. The lowest BCUT2D eigenvalue weighted by atomic mass is 9.93. The van der Waals surface area contributed by atoms with Crippen LogP contribution in [0.25, 0.3) is 0 Å². The van der Waals surface area contributed by atoms with Crippen LogP contribution in [0.2, 0.25) is 0 Å². The topological polar surface area (TPSA) is 52.7 Å². The fourth-order valence-electron chi connectivity index (χ4n) is 3.68. The van der Waals surface area contributed by atoms with E-state index in [9.17, 15) is 9.59 Å². The van der Waals surface area contributed by atoms with Gasteiger partial charge in [-0.3, -0.25) is 9.69 Å². The van der Waals surface area contributed by atoms with Gasteiger partial charge in [-0.25, -0.2) is 4.79 Å². The van der Waals surface area contributed by atoms with Gasteiger partial charge in [-0.15, -0.1) is 0 Å². The zero-order valence-corrected chi connectivity index (χ0v) is 16.2. The molecule has 0 spiro atoms. The quantitative estimate of drug-likeness (QED) is 0.789. The highest BCUT2D eigenvalue weighted by molar-refractivity contribution is 6.01. The number of hydrogen-bond donors (Lipinski definition) is 1. The second kappa shape index (κ2) is 7.52. The van der Waals surface area contributed by atoms with Crippen molar-refractivity contribution >= 4 is 11.9 Å². The molecule has 1 aromatic rings. The molecule has 2 heterocycles. The molecular formula is C21H29N3O2. The minimum atomic E-state index is -0.362. The first-order chi connectivity index (χ1) is 12.4. The standard InChI is InChI=1S/C21H29N3O2/c1-5-6-7-12-24-13-17-18(20(24)25)19(22-21(26)23(17)4)16-10-8-15(9-11-16)14(2)3/h8-11,14,19H,5-7,12-13H2,1-4H3,(H,22,26)/t19-/m1/s1. The van der Waals surface area contributed by atoms with Crippen molar-refractivity contribution < 1.29 is 9.59 Å². The molecule has 3 amide bonds. The first-order valence-electron chi connectivity index (χ1n) is 9.60. The smallest absolute Gasteiger partial charge is 0.322 e. The van der Waals surface area contributed by atoms with E-state index < -0.39 is 0 Å². The maximum Gasteiger partial charge on any atom is 0.322 e. The molecule has 0 saturated carbocycles. The van der Waals surface area contributed by atoms with Gasteiger partial charge < -0.3 is 10.2 Å². The number of unbranched alkanes of at least 4 members (excludes halogenated alkanes) is 2. The Labute approximate surface area is 156 Å². The van der Waals surface area contributed by atoms with Crippen molar-refractivity contribution in [3.8, 4) is 0 Å². The Bertz CT molecular complexity index is 721. The monoisotopic (exact) mass is 355 g/mol. The number of carbonyl (C=O) groups is 2. The van der Waals surface area contributed by atoms with E-state index in [4.69, 9.17) is 0 Å². The highest BCUT2D eigenvalue weighted by atomic mass is 16.2. The average molecular weight is 355 g/mol. The molecule has 0 radical (unpaired) electrons. The molecular weight excluding hydrogens is 326 g/mol. The predicted octanol–water partition coefficient (Wildman–Crippen LogP) is 3.79. The largest absolute Gasteiger partial charge is 0.333 e. The molecule has 1 aromatic carbocycles. The van der Waals surface area contributed by atoms with Gasteiger partial charge in [0.25, 0.3) is 5.91 Å². The molecule has 0 bridgehead atoms. The van der Waals surface area contributed by atoms with Crippen LogP contribution in [0.1, 0.15) is 63.1 Å². The molecule has 0 unspecified atom stereocenters. The van der Waals surface area contributed by atoms with Crippen molar-refractivity contribution in [1.82, 2.24) is 15.1 Å². The summed E-state index contributed by atoms with van der Waals surface area (Å²) >= 11 is 0. The lowest BCUT2D eigenvalue weighted by molar-refractivity contribution is -0.125. The molecule has 0 fully saturated rings. The van der Waals surface area contributed by atoms with Crippen LogP contribution >= 0.6 is 0 Å². The molecule has 0 saturated heterocycles. The summed E-state index contributed by atoms with van der Waals surface area (Å²) in [5.74, 6) is 0.508. The molecule has 26 heavy (non-hydrogen) atoms. The van der Waals surface area contributed by atoms with Crippen LogP contribution in [-0.2, 0) is 4.79 Å². The number of nitrogens with zero attached hydrogens (tertiary/aromatic N) is 2. The van der Waals surface area contributed by atoms with Crippen LogP contribution in [0.15, 0.2) is 35.5 Å². The Morgan fingerprint density at radius 2 is 1.85 bits per heavy atom. The minimum Gasteiger partial charge on any atom is -0.333 e. The van der Waals surface area contributed by atoms with Crippen LogP contribution < -0.4 is 5.32 Å². The minimum absolute atomic E-state index is 0.0564. The Morgan fingerprint density at radius 3 is 2.46 bits per heavy atom. The molecule has 5 heteroatoms. The predicted molar refractivity (Wildman–Crippen MR) is 103 cm³/mol. The molecule has 2 aliphatic heterocycles. The Balaban J connectivity index is 1.88. The number of amides is 3. The van der Waals surface area contributed by atoms with Gasteiger partial charge in [0, 0.05) is 13.6 Å². The summed E-state index contributed by atoms with van der Waals surface area (Å²) in [6.07, 6.45) is 3.24. The maximum atomic E-state index is 13.0. The lowest BCUT2D eigenvalue weighted by Crippen LogP contribution is -2.45. The van der Waals surface area contributed by atoms with E-state index in [1.165, 1.54) is 5.56 Å². The molecule has 0 aliphatic carbocycles. The highest BCUT2D eigenvalue weighted by Crippen LogP contribution is 2.36. The molecule has 140 valence electrons. The van der Waals surface area contributed by atoms with Gasteiger partial charge in [-0.1, -0.05) is 57.9 Å². The fourth-order valence-corrected chi connectivity index (χ4v) is 3.68. The van der Waals surface area contributed by atoms with E-state index >= 15 is 0 Å². The normalized spacial score (nSPS) is 20.1. The molecule has 2 aliphatic rings. The number of hydrogen-bond acceptors (Lipinski definition) is 2. The third kappa shape index (κ3) is 3.35. The van der Waals surface area contributed by atoms with E-state index in [0.29, 0.717) is 12.5 Å². The van der Waals surface area contributed by atoms with Crippen molar-refractivity contribution in [2.45, 2.75) is 52.0 Å². The molecule has 3 rings (SSSR count). The summed E-state index contributed by atoms with van der Waals surface area (Å²) in [6.45, 7) is 7.74. The second-order valence-corrected chi connectivity index (χ2v) is 7.56. The number of carbonyl (C=O) groups excluding carboxylic acids is 2. The summed E-state index contributed by atoms with van der Waals surface area (Å²) < 4.78 is 0. The van der Waals surface area contributed by atoms with E-state index in [1.54, 1.807) is 11.9 Å². The molecule has 5 nitrogen and oxygen atoms in total. The van der Waals surface area contributed by atoms with Crippen LogP contribution in [-0.4, -0.2) is 41.9 Å². The van der Waals surface area contributed by atoms with Gasteiger partial charge in [0.2, 0.25) is 0 Å². The average Bonchev–Trinajstić information content (AvgIpc) is 2.96. The third-order valence-electron chi connectivity index (χ3n) is 5.40. The summed E-state index contributed by atoms with van der Waals surface area (Å²) in [5.41, 5.74) is 3.78. The number of rotatable bonds is 6. The van der Waals surface area contributed by atoms with Gasteiger partial charge in [-0.05, 0) is 23.5 Å². The lowest BCUT2D eigenvalue weighted by Gasteiger charge is -2.31. The number of benzene rings is 1. The van der Waals surface area contributed by atoms with Crippen LogP contribution in [0.4, 0.5) is 4.79 Å². The SMILES string of the molecule is CCCCCN1CC2=C(C1=O)[C@@H](c1ccc(C(C)C)cc1)NC(=O)N2C. The summed E-state index contributed by atoms with van der Waals surface area (Å²) in [5, 5.41) is 3.00. The van der Waals surface area contributed by atoms with Crippen LogP contribution in [0.5, 0.6) is 0 Å². The van der Waals surface area contributed by atoms with Gasteiger partial charge in [0.05, 0.1) is 23.9 Å². The van der Waals surface area contributed by atoms with Gasteiger partial charge in [0.15, 0.2) is 0 Å². The van der Waals surface area contributed by atoms with E-state index in [2.05, 4.69) is 38.2 Å². The summed E-state index contributed by atoms with van der Waals surface area (Å²) in [6, 6.07) is 7.72. The Kier molecular flexibility index (Phi) is 5.35. The third-order valence-corrected chi connectivity index (χ3v) is 5.40. The first kappa shape index (κ1) is 18.5. The zero-order chi connectivity index (χ0) is 18.8. The Hall–Kier alpha value is -2.30. The van der Waals surface area contributed by atoms with Crippen LogP contribution in [0, 0.1) is 0 Å². The zero-order valence-electron chi connectivity index (χ0n) is 16.2. The van der Waals surface area contributed by atoms with Crippen molar-refractivity contribution in [3.63, 3.8) is 0 Å². The summed E-state index contributed by atoms with van der Waals surface area (Å²) in [4.78, 5) is 28.9. The van der Waals surface area contributed by atoms with Crippen molar-refractivity contribution in [2.24, 2.45) is 0 Å². The van der Waals surface area contributed by atoms with E-state index in [0.717, 1.165) is 42.6 Å². The molecule has 1 N–H and O–H groups in total. The highest BCUT2D eigenvalue weighted by Gasteiger charge is 2.42. The van der Waals surface area contributed by atoms with E-state index in [1.807, 2.05) is 17.0 Å². The fraction of sp³-hybridized carbons (Fsp3) is 0.524. The van der Waals surface area contributed by atoms with Gasteiger partial charge in [0.1, 0.15) is 0 Å².